The number of methoxy groups -OCH3 is 1. The minimum Gasteiger partial charge on any atom is -0.497 e. The van der Waals surface area contributed by atoms with Crippen molar-refractivity contribution in [1.82, 2.24) is 15.2 Å². The minimum absolute atomic E-state index is 0.233. The van der Waals surface area contributed by atoms with E-state index in [0.717, 1.165) is 5.56 Å². The molecule has 2 N–H and O–H groups in total. The number of nitrogens with one attached hydrogen (secondary N) is 2. The topological polar surface area (TPSA) is 89.4 Å². The molecule has 3 rings (SSSR count). The molecular formula is C23H22ClN3O4. The first-order chi connectivity index (χ1) is 15.0. The minimum atomic E-state index is -0.341. The van der Waals surface area contributed by atoms with E-state index in [1.54, 1.807) is 37.4 Å². The lowest BCUT2D eigenvalue weighted by Gasteiger charge is -2.11. The number of rotatable bonds is 8. The monoisotopic (exact) mass is 439 g/mol. The smallest absolute Gasteiger partial charge is 0.252 e. The number of pyridine rings is 1. The number of hydrogen-bond acceptors (Lipinski definition) is 4. The van der Waals surface area contributed by atoms with Crippen molar-refractivity contribution >= 4 is 23.4 Å². The molecule has 0 aliphatic carbocycles. The molecule has 0 spiro atoms. The van der Waals surface area contributed by atoms with Crippen LogP contribution in [0.25, 0.3) is 0 Å². The highest BCUT2D eigenvalue weighted by Crippen LogP contribution is 2.15. The first-order valence-electron chi connectivity index (χ1n) is 9.62. The summed E-state index contributed by atoms with van der Waals surface area (Å²) in [6.45, 7) is 0.762. The maximum absolute atomic E-state index is 12.4. The van der Waals surface area contributed by atoms with E-state index in [4.69, 9.17) is 16.3 Å². The number of amides is 2. The van der Waals surface area contributed by atoms with Gasteiger partial charge in [0, 0.05) is 35.9 Å². The fraction of sp³-hybridized carbons (Fsp3) is 0.174. The molecule has 0 aliphatic rings. The summed E-state index contributed by atoms with van der Waals surface area (Å²) in [6, 6.07) is 16.8. The van der Waals surface area contributed by atoms with Crippen LogP contribution in [-0.4, -0.2) is 36.6 Å². The number of benzene rings is 2. The Morgan fingerprint density at radius 2 is 1.52 bits per heavy atom. The highest BCUT2D eigenvalue weighted by atomic mass is 35.5. The van der Waals surface area contributed by atoms with Crippen LogP contribution in [0.1, 0.15) is 26.3 Å². The zero-order valence-corrected chi connectivity index (χ0v) is 17.7. The molecular weight excluding hydrogens is 418 g/mol. The van der Waals surface area contributed by atoms with Gasteiger partial charge in [0.2, 0.25) is 0 Å². The first-order valence-corrected chi connectivity index (χ1v) is 10.00. The van der Waals surface area contributed by atoms with Crippen LogP contribution < -0.4 is 20.9 Å². The molecule has 2 amide bonds. The van der Waals surface area contributed by atoms with Gasteiger partial charge in [-0.05, 0) is 42.0 Å². The maximum atomic E-state index is 12.4. The third kappa shape index (κ3) is 5.96. The van der Waals surface area contributed by atoms with Gasteiger partial charge in [-0.3, -0.25) is 14.4 Å². The van der Waals surface area contributed by atoms with Crippen LogP contribution >= 0.6 is 11.6 Å². The quantitative estimate of drug-likeness (QED) is 0.528. The Morgan fingerprint density at radius 3 is 2.16 bits per heavy atom. The van der Waals surface area contributed by atoms with Crippen LogP contribution in [0, 0.1) is 0 Å². The van der Waals surface area contributed by atoms with Crippen molar-refractivity contribution in [3.8, 4) is 5.75 Å². The van der Waals surface area contributed by atoms with Crippen LogP contribution in [0.2, 0.25) is 5.02 Å². The fourth-order valence-electron chi connectivity index (χ4n) is 2.90. The third-order valence-corrected chi connectivity index (χ3v) is 4.96. The van der Waals surface area contributed by atoms with Gasteiger partial charge in [-0.2, -0.15) is 0 Å². The van der Waals surface area contributed by atoms with Crippen molar-refractivity contribution in [3.63, 3.8) is 0 Å². The van der Waals surface area contributed by atoms with Crippen molar-refractivity contribution < 1.29 is 14.3 Å². The van der Waals surface area contributed by atoms with Gasteiger partial charge in [-0.25, -0.2) is 0 Å². The largest absolute Gasteiger partial charge is 0.497 e. The lowest BCUT2D eigenvalue weighted by molar-refractivity contribution is 0.0927. The van der Waals surface area contributed by atoms with Crippen LogP contribution in [0.3, 0.4) is 0 Å². The van der Waals surface area contributed by atoms with Crippen LogP contribution in [-0.2, 0) is 6.54 Å². The number of nitrogens with zero attached hydrogens (tertiary/aromatic N) is 1. The van der Waals surface area contributed by atoms with Gasteiger partial charge in [0.05, 0.1) is 19.2 Å². The number of halogens is 1. The van der Waals surface area contributed by atoms with Crippen molar-refractivity contribution in [3.05, 3.63) is 98.9 Å². The molecule has 3 aromatic rings. The highest BCUT2D eigenvalue weighted by molar-refractivity contribution is 6.31. The summed E-state index contributed by atoms with van der Waals surface area (Å²) in [7, 11) is 1.56. The predicted octanol–water partition coefficient (Wildman–Crippen LogP) is 2.72. The van der Waals surface area contributed by atoms with Gasteiger partial charge in [-0.1, -0.05) is 29.8 Å². The van der Waals surface area contributed by atoms with E-state index in [9.17, 15) is 14.4 Å². The summed E-state index contributed by atoms with van der Waals surface area (Å²) in [5, 5.41) is 6.02. The molecule has 0 radical (unpaired) electrons. The van der Waals surface area contributed by atoms with Gasteiger partial charge < -0.3 is 19.9 Å². The molecule has 0 saturated heterocycles. The standard InChI is InChI=1S/C23H22ClN3O4/c1-31-19-9-6-16(7-10-19)22(29)25-12-13-26-23(30)18-8-11-21(28)27(15-18)14-17-4-2-3-5-20(17)24/h2-11,15H,12-14H2,1H3,(H,25,29)(H,26,30). The lowest BCUT2D eigenvalue weighted by atomic mass is 10.2. The predicted molar refractivity (Wildman–Crippen MR) is 119 cm³/mol. The molecule has 7 nitrogen and oxygen atoms in total. The summed E-state index contributed by atoms with van der Waals surface area (Å²) >= 11 is 6.16. The summed E-state index contributed by atoms with van der Waals surface area (Å²) in [5.41, 5.74) is 1.39. The lowest BCUT2D eigenvalue weighted by Crippen LogP contribution is -2.35. The zero-order valence-electron chi connectivity index (χ0n) is 16.9. The van der Waals surface area contributed by atoms with Gasteiger partial charge in [0.25, 0.3) is 17.4 Å². The molecule has 1 heterocycles. The maximum Gasteiger partial charge on any atom is 0.252 e. The Bertz CT molecular complexity index is 1130. The van der Waals surface area contributed by atoms with Gasteiger partial charge >= 0.3 is 0 Å². The molecule has 0 unspecified atom stereocenters. The van der Waals surface area contributed by atoms with Crippen molar-refractivity contribution in [1.29, 1.82) is 0 Å². The SMILES string of the molecule is COc1ccc(C(=O)NCCNC(=O)c2ccc(=O)n(Cc3ccccc3Cl)c2)cc1. The van der Waals surface area contributed by atoms with E-state index >= 15 is 0 Å². The number of carbonyl (C=O) groups excluding carboxylic acids is 2. The average Bonchev–Trinajstić information content (AvgIpc) is 2.79. The van der Waals surface area contributed by atoms with Gasteiger partial charge in [-0.15, -0.1) is 0 Å². The van der Waals surface area contributed by atoms with Gasteiger partial charge in [0.1, 0.15) is 5.75 Å². The number of ether oxygens (including phenoxy) is 1. The normalized spacial score (nSPS) is 10.4. The average molecular weight is 440 g/mol. The Kier molecular flexibility index (Phi) is 7.45. The molecule has 0 saturated carbocycles. The van der Waals surface area contributed by atoms with E-state index in [1.165, 1.54) is 22.9 Å². The summed E-state index contributed by atoms with van der Waals surface area (Å²) in [6.07, 6.45) is 1.50. The first kappa shape index (κ1) is 22.1. The molecule has 160 valence electrons. The van der Waals surface area contributed by atoms with Crippen LogP contribution in [0.5, 0.6) is 5.75 Å². The van der Waals surface area contributed by atoms with E-state index in [1.807, 2.05) is 18.2 Å². The number of aromatic nitrogens is 1. The van der Waals surface area contributed by atoms with Crippen LogP contribution in [0.4, 0.5) is 0 Å². The van der Waals surface area contributed by atoms with Crippen molar-refractivity contribution in [2.75, 3.05) is 20.2 Å². The van der Waals surface area contributed by atoms with E-state index in [2.05, 4.69) is 10.6 Å². The van der Waals surface area contributed by atoms with E-state index in [-0.39, 0.29) is 37.0 Å². The zero-order chi connectivity index (χ0) is 22.2. The fourth-order valence-corrected chi connectivity index (χ4v) is 3.09. The Labute approximate surface area is 184 Å². The summed E-state index contributed by atoms with van der Waals surface area (Å²) in [4.78, 5) is 36.7. The third-order valence-electron chi connectivity index (χ3n) is 4.59. The molecule has 0 atom stereocenters. The second-order valence-electron chi connectivity index (χ2n) is 6.72. The van der Waals surface area contributed by atoms with Crippen molar-refractivity contribution in [2.24, 2.45) is 0 Å². The van der Waals surface area contributed by atoms with Gasteiger partial charge in [0.15, 0.2) is 0 Å². The number of carbonyl (C=O) groups is 2. The molecule has 31 heavy (non-hydrogen) atoms. The Balaban J connectivity index is 1.54. The summed E-state index contributed by atoms with van der Waals surface area (Å²) < 4.78 is 6.50. The molecule has 1 aromatic heterocycles. The van der Waals surface area contributed by atoms with Crippen molar-refractivity contribution in [2.45, 2.75) is 6.54 Å². The number of hydrogen-bond donors (Lipinski definition) is 2. The second-order valence-corrected chi connectivity index (χ2v) is 7.12. The Morgan fingerprint density at radius 1 is 0.903 bits per heavy atom. The summed E-state index contributed by atoms with van der Waals surface area (Å²) in [5.74, 6) is 0.0801. The molecule has 0 aliphatic heterocycles. The van der Waals surface area contributed by atoms with Crippen LogP contribution in [0.15, 0.2) is 71.7 Å². The Hall–Kier alpha value is -3.58. The highest BCUT2D eigenvalue weighted by Gasteiger charge is 2.10. The second kappa shape index (κ2) is 10.4. The van der Waals surface area contributed by atoms with E-state index < -0.39 is 0 Å². The molecule has 8 heteroatoms. The van der Waals surface area contributed by atoms with E-state index in [0.29, 0.717) is 21.9 Å². The molecule has 0 fully saturated rings. The molecule has 2 aromatic carbocycles. The molecule has 0 bridgehead atoms.